The minimum Gasteiger partial charge on any atom is -0.465 e. The van der Waals surface area contributed by atoms with Crippen molar-refractivity contribution in [3.05, 3.63) is 23.8 Å². The van der Waals surface area contributed by atoms with Crippen molar-refractivity contribution in [2.45, 2.75) is 32.6 Å². The average Bonchev–Trinajstić information content (AvgIpc) is 2.68. The molecule has 1 aliphatic heterocycles. The van der Waals surface area contributed by atoms with Gasteiger partial charge in [0.05, 0.1) is 37.3 Å². The van der Waals surface area contributed by atoms with Crippen LogP contribution in [0, 0.1) is 0 Å². The lowest BCUT2D eigenvalue weighted by molar-refractivity contribution is -0.119. The summed E-state index contributed by atoms with van der Waals surface area (Å²) in [7, 11) is 1.34. The van der Waals surface area contributed by atoms with Crippen molar-refractivity contribution in [2.75, 3.05) is 43.6 Å². The summed E-state index contributed by atoms with van der Waals surface area (Å²) in [5.74, 6) is -0.543. The number of esters is 1. The predicted octanol–water partition coefficient (Wildman–Crippen LogP) is 2.70. The lowest BCUT2D eigenvalue weighted by Gasteiger charge is -2.31. The second kappa shape index (κ2) is 10.8. The maximum Gasteiger partial charge on any atom is 0.337 e. The van der Waals surface area contributed by atoms with Gasteiger partial charge in [-0.1, -0.05) is 19.8 Å². The summed E-state index contributed by atoms with van der Waals surface area (Å²) in [6.07, 6.45) is 3.34. The summed E-state index contributed by atoms with van der Waals surface area (Å²) >= 11 is 5.29. The van der Waals surface area contributed by atoms with Gasteiger partial charge in [0.25, 0.3) is 0 Å². The lowest BCUT2D eigenvalue weighted by atomic mass is 10.1. The number of benzene rings is 1. The van der Waals surface area contributed by atoms with Crippen molar-refractivity contribution in [1.29, 1.82) is 0 Å². The molecule has 0 unspecified atom stereocenters. The van der Waals surface area contributed by atoms with E-state index in [2.05, 4.69) is 22.5 Å². The standard InChI is InChI=1S/C19H27N3O4S/c1-3-4-5-6-17(23)21-19(27)20-15-13-14(18(24)25-2)7-8-16(15)22-9-11-26-12-10-22/h7-8,13H,3-6,9-12H2,1-2H3,(H2,20,21,23,27). The number of anilines is 2. The summed E-state index contributed by atoms with van der Waals surface area (Å²) in [6, 6.07) is 5.26. The van der Waals surface area contributed by atoms with Crippen LogP contribution in [0.15, 0.2) is 18.2 Å². The Morgan fingerprint density at radius 2 is 2.00 bits per heavy atom. The van der Waals surface area contributed by atoms with Gasteiger partial charge in [0.15, 0.2) is 5.11 Å². The number of morpholine rings is 1. The molecule has 0 radical (unpaired) electrons. The van der Waals surface area contributed by atoms with E-state index in [1.807, 2.05) is 6.07 Å². The molecule has 0 aromatic heterocycles. The quantitative estimate of drug-likeness (QED) is 0.419. The van der Waals surface area contributed by atoms with Crippen molar-refractivity contribution < 1.29 is 19.1 Å². The molecule has 1 aromatic carbocycles. The topological polar surface area (TPSA) is 79.9 Å². The van der Waals surface area contributed by atoms with E-state index >= 15 is 0 Å². The molecule has 1 aromatic rings. The number of rotatable bonds is 7. The van der Waals surface area contributed by atoms with Crippen molar-refractivity contribution >= 4 is 40.6 Å². The zero-order chi connectivity index (χ0) is 19.6. The molecular weight excluding hydrogens is 366 g/mol. The van der Waals surface area contributed by atoms with Crippen LogP contribution < -0.4 is 15.5 Å². The summed E-state index contributed by atoms with van der Waals surface area (Å²) in [5, 5.41) is 5.98. The fourth-order valence-corrected chi connectivity index (χ4v) is 3.06. The minimum absolute atomic E-state index is 0.113. The second-order valence-electron chi connectivity index (χ2n) is 6.28. The highest BCUT2D eigenvalue weighted by atomic mass is 32.1. The number of unbranched alkanes of at least 4 members (excludes halogenated alkanes) is 2. The van der Waals surface area contributed by atoms with Crippen molar-refractivity contribution in [1.82, 2.24) is 5.32 Å². The maximum atomic E-state index is 12.0. The first-order chi connectivity index (χ1) is 13.0. The Bertz CT molecular complexity index is 675. The third-order valence-electron chi connectivity index (χ3n) is 4.28. The predicted molar refractivity (Wildman–Crippen MR) is 109 cm³/mol. The first-order valence-electron chi connectivity index (χ1n) is 9.21. The van der Waals surface area contributed by atoms with Gasteiger partial charge in [-0.05, 0) is 36.8 Å². The molecule has 0 saturated carbocycles. The summed E-state index contributed by atoms with van der Waals surface area (Å²) in [5.41, 5.74) is 1.96. The van der Waals surface area contributed by atoms with Gasteiger partial charge in [-0.15, -0.1) is 0 Å². The van der Waals surface area contributed by atoms with Crippen LogP contribution in [-0.4, -0.2) is 50.4 Å². The van der Waals surface area contributed by atoms with E-state index in [4.69, 9.17) is 21.7 Å². The van der Waals surface area contributed by atoms with Gasteiger partial charge in [0, 0.05) is 19.5 Å². The molecule has 0 spiro atoms. The van der Waals surface area contributed by atoms with Gasteiger partial charge in [-0.25, -0.2) is 4.79 Å². The molecule has 148 valence electrons. The van der Waals surface area contributed by atoms with Crippen molar-refractivity contribution in [2.24, 2.45) is 0 Å². The zero-order valence-electron chi connectivity index (χ0n) is 15.9. The average molecular weight is 394 g/mol. The van der Waals surface area contributed by atoms with E-state index < -0.39 is 5.97 Å². The molecule has 2 N–H and O–H groups in total. The minimum atomic E-state index is -0.430. The fraction of sp³-hybridized carbons (Fsp3) is 0.526. The Morgan fingerprint density at radius 1 is 1.26 bits per heavy atom. The number of nitrogens with zero attached hydrogens (tertiary/aromatic N) is 1. The van der Waals surface area contributed by atoms with Gasteiger partial charge in [-0.2, -0.15) is 0 Å². The summed E-state index contributed by atoms with van der Waals surface area (Å²) in [6.45, 7) is 4.84. The molecule has 8 heteroatoms. The SMILES string of the molecule is CCCCCC(=O)NC(=S)Nc1cc(C(=O)OC)ccc1N1CCOCC1. The largest absolute Gasteiger partial charge is 0.465 e. The molecule has 0 aliphatic carbocycles. The van der Waals surface area contributed by atoms with Crippen LogP contribution in [0.5, 0.6) is 0 Å². The van der Waals surface area contributed by atoms with Crippen LogP contribution in [0.4, 0.5) is 11.4 Å². The molecular formula is C19H27N3O4S. The Kier molecular flexibility index (Phi) is 8.47. The highest BCUT2D eigenvalue weighted by molar-refractivity contribution is 7.80. The maximum absolute atomic E-state index is 12.0. The molecule has 1 aliphatic rings. The van der Waals surface area contributed by atoms with E-state index in [0.29, 0.717) is 30.9 Å². The molecule has 0 atom stereocenters. The van der Waals surface area contributed by atoms with Crippen molar-refractivity contribution in [3.63, 3.8) is 0 Å². The number of methoxy groups -OCH3 is 1. The molecule has 1 fully saturated rings. The van der Waals surface area contributed by atoms with Crippen LogP contribution in [0.1, 0.15) is 43.0 Å². The first-order valence-corrected chi connectivity index (χ1v) is 9.62. The van der Waals surface area contributed by atoms with Crippen LogP contribution in [0.25, 0.3) is 0 Å². The highest BCUT2D eigenvalue weighted by Gasteiger charge is 2.18. The molecule has 1 heterocycles. The fourth-order valence-electron chi connectivity index (χ4n) is 2.84. The van der Waals surface area contributed by atoms with Gasteiger partial charge >= 0.3 is 5.97 Å². The van der Waals surface area contributed by atoms with Gasteiger partial charge in [-0.3, -0.25) is 4.79 Å². The number of nitrogens with one attached hydrogen (secondary N) is 2. The molecule has 2 rings (SSSR count). The van der Waals surface area contributed by atoms with Gasteiger partial charge < -0.3 is 25.0 Å². The van der Waals surface area contributed by atoms with Crippen LogP contribution in [0.2, 0.25) is 0 Å². The van der Waals surface area contributed by atoms with Crippen LogP contribution >= 0.6 is 12.2 Å². The number of hydrogen-bond donors (Lipinski definition) is 2. The molecule has 1 amide bonds. The lowest BCUT2D eigenvalue weighted by Crippen LogP contribution is -2.38. The smallest absolute Gasteiger partial charge is 0.337 e. The summed E-state index contributed by atoms with van der Waals surface area (Å²) < 4.78 is 10.2. The first kappa shape index (κ1) is 21.1. The zero-order valence-corrected chi connectivity index (χ0v) is 16.7. The van der Waals surface area contributed by atoms with E-state index in [-0.39, 0.29) is 11.0 Å². The number of ether oxygens (including phenoxy) is 2. The third kappa shape index (κ3) is 6.48. The Morgan fingerprint density at radius 3 is 2.67 bits per heavy atom. The normalized spacial score (nSPS) is 13.8. The van der Waals surface area contributed by atoms with Crippen molar-refractivity contribution in [3.8, 4) is 0 Å². The molecule has 1 saturated heterocycles. The number of amides is 1. The number of hydrogen-bond acceptors (Lipinski definition) is 6. The monoisotopic (exact) mass is 393 g/mol. The van der Waals surface area contributed by atoms with E-state index in [9.17, 15) is 9.59 Å². The third-order valence-corrected chi connectivity index (χ3v) is 4.48. The van der Waals surface area contributed by atoms with Gasteiger partial charge in [0.2, 0.25) is 5.91 Å². The van der Waals surface area contributed by atoms with E-state index in [0.717, 1.165) is 38.0 Å². The van der Waals surface area contributed by atoms with Gasteiger partial charge in [0.1, 0.15) is 0 Å². The molecule has 0 bridgehead atoms. The summed E-state index contributed by atoms with van der Waals surface area (Å²) in [4.78, 5) is 26.0. The Balaban J connectivity index is 2.12. The molecule has 27 heavy (non-hydrogen) atoms. The van der Waals surface area contributed by atoms with Crippen LogP contribution in [-0.2, 0) is 14.3 Å². The highest BCUT2D eigenvalue weighted by Crippen LogP contribution is 2.28. The van der Waals surface area contributed by atoms with Crippen LogP contribution in [0.3, 0.4) is 0 Å². The Hall–Kier alpha value is -2.19. The number of carbonyl (C=O) groups excluding carboxylic acids is 2. The number of thiocarbonyl (C=S) groups is 1. The Labute approximate surface area is 165 Å². The van der Waals surface area contributed by atoms with E-state index in [1.54, 1.807) is 12.1 Å². The van der Waals surface area contributed by atoms with E-state index in [1.165, 1.54) is 7.11 Å². The molecule has 7 nitrogen and oxygen atoms in total. The number of carbonyl (C=O) groups is 2. The second-order valence-corrected chi connectivity index (χ2v) is 6.69.